The number of halogens is 2. The summed E-state index contributed by atoms with van der Waals surface area (Å²) in [7, 11) is 0. The van der Waals surface area contributed by atoms with E-state index in [1.54, 1.807) is 12.4 Å². The van der Waals surface area contributed by atoms with E-state index in [1.807, 2.05) is 30.3 Å². The Labute approximate surface area is 123 Å². The summed E-state index contributed by atoms with van der Waals surface area (Å²) in [5.74, 6) is 0.697. The number of pyridine rings is 1. The van der Waals surface area contributed by atoms with Gasteiger partial charge in [-0.3, -0.25) is 4.98 Å². The molecule has 0 bridgehead atoms. The number of aromatic nitrogens is 1. The van der Waals surface area contributed by atoms with Crippen LogP contribution in [0, 0.1) is 0 Å². The van der Waals surface area contributed by atoms with Crippen molar-refractivity contribution in [3.63, 3.8) is 0 Å². The normalized spacial score (nSPS) is 12.2. The lowest BCUT2D eigenvalue weighted by Crippen LogP contribution is -2.18. The quantitative estimate of drug-likeness (QED) is 0.891. The fourth-order valence-corrected chi connectivity index (χ4v) is 2.16. The van der Waals surface area contributed by atoms with Crippen LogP contribution in [0.15, 0.2) is 51.7 Å². The molecule has 1 heterocycles. The van der Waals surface area contributed by atoms with Crippen molar-refractivity contribution in [1.29, 1.82) is 0 Å². The van der Waals surface area contributed by atoms with E-state index in [-0.39, 0.29) is 6.10 Å². The van der Waals surface area contributed by atoms with Crippen LogP contribution in [0.3, 0.4) is 0 Å². The molecule has 2 N–H and O–H groups in total. The Morgan fingerprint density at radius 3 is 2.44 bits per heavy atom. The minimum Gasteiger partial charge on any atom is -0.483 e. The van der Waals surface area contributed by atoms with E-state index >= 15 is 0 Å². The number of ether oxygens (including phenoxy) is 1. The van der Waals surface area contributed by atoms with Crippen LogP contribution < -0.4 is 10.5 Å². The van der Waals surface area contributed by atoms with Crippen LogP contribution in [-0.4, -0.2) is 11.5 Å². The lowest BCUT2D eigenvalue weighted by Gasteiger charge is -2.17. The van der Waals surface area contributed by atoms with Crippen molar-refractivity contribution >= 4 is 31.9 Å². The van der Waals surface area contributed by atoms with Gasteiger partial charge in [-0.25, -0.2) is 0 Å². The fraction of sp³-hybridized carbons (Fsp3) is 0.154. The lowest BCUT2D eigenvalue weighted by atomic mass is 10.1. The highest BCUT2D eigenvalue weighted by Crippen LogP contribution is 2.24. The van der Waals surface area contributed by atoms with Crippen molar-refractivity contribution in [2.45, 2.75) is 6.10 Å². The van der Waals surface area contributed by atoms with Gasteiger partial charge in [-0.2, -0.15) is 0 Å². The van der Waals surface area contributed by atoms with E-state index in [1.165, 1.54) is 0 Å². The summed E-state index contributed by atoms with van der Waals surface area (Å²) in [5, 5.41) is 0. The van der Waals surface area contributed by atoms with Gasteiger partial charge in [0.2, 0.25) is 0 Å². The molecule has 94 valence electrons. The largest absolute Gasteiger partial charge is 0.483 e. The Morgan fingerprint density at radius 2 is 1.83 bits per heavy atom. The number of hydrogen-bond acceptors (Lipinski definition) is 3. The Morgan fingerprint density at radius 1 is 1.11 bits per heavy atom. The van der Waals surface area contributed by atoms with Crippen LogP contribution in [0.25, 0.3) is 0 Å². The van der Waals surface area contributed by atoms with Crippen LogP contribution in [-0.2, 0) is 0 Å². The molecule has 1 unspecified atom stereocenters. The van der Waals surface area contributed by atoms with Crippen molar-refractivity contribution in [3.8, 4) is 5.75 Å². The van der Waals surface area contributed by atoms with Crippen LogP contribution in [0.5, 0.6) is 5.75 Å². The van der Waals surface area contributed by atoms with Crippen LogP contribution in [0.4, 0.5) is 0 Å². The number of nitrogens with zero attached hydrogens (tertiary/aromatic N) is 1. The molecule has 1 aromatic heterocycles. The molecule has 0 saturated carbocycles. The molecule has 0 spiro atoms. The molecule has 5 heteroatoms. The van der Waals surface area contributed by atoms with Gasteiger partial charge < -0.3 is 10.5 Å². The SMILES string of the molecule is NCC(Oc1cncc(Br)c1)c1ccc(Br)cc1. The molecule has 2 rings (SSSR count). The van der Waals surface area contributed by atoms with E-state index in [9.17, 15) is 0 Å². The van der Waals surface area contributed by atoms with Gasteiger partial charge in [-0.15, -0.1) is 0 Å². The van der Waals surface area contributed by atoms with Crippen molar-refractivity contribution in [1.82, 2.24) is 4.98 Å². The van der Waals surface area contributed by atoms with E-state index in [0.717, 1.165) is 14.5 Å². The van der Waals surface area contributed by atoms with Gasteiger partial charge in [0, 0.05) is 21.7 Å². The molecule has 3 nitrogen and oxygen atoms in total. The molecule has 0 aliphatic carbocycles. The van der Waals surface area contributed by atoms with Crippen molar-refractivity contribution in [2.24, 2.45) is 5.73 Å². The summed E-state index contributed by atoms with van der Waals surface area (Å²) in [5.41, 5.74) is 6.80. The summed E-state index contributed by atoms with van der Waals surface area (Å²) in [4.78, 5) is 4.06. The van der Waals surface area contributed by atoms with Gasteiger partial charge >= 0.3 is 0 Å². The van der Waals surface area contributed by atoms with Gasteiger partial charge in [0.1, 0.15) is 11.9 Å². The average molecular weight is 372 g/mol. The topological polar surface area (TPSA) is 48.1 Å². The first kappa shape index (κ1) is 13.5. The molecular formula is C13H12Br2N2O. The van der Waals surface area contributed by atoms with E-state index < -0.39 is 0 Å². The third kappa shape index (κ3) is 3.54. The predicted octanol–water partition coefficient (Wildman–Crippen LogP) is 3.69. The van der Waals surface area contributed by atoms with Gasteiger partial charge in [0.05, 0.1) is 6.20 Å². The van der Waals surface area contributed by atoms with E-state index in [0.29, 0.717) is 12.3 Å². The van der Waals surface area contributed by atoms with Crippen molar-refractivity contribution in [2.75, 3.05) is 6.54 Å². The predicted molar refractivity (Wildman–Crippen MR) is 78.5 cm³/mol. The summed E-state index contributed by atoms with van der Waals surface area (Å²) in [6, 6.07) is 9.80. The minimum atomic E-state index is -0.172. The van der Waals surface area contributed by atoms with E-state index in [2.05, 4.69) is 36.8 Å². The number of rotatable bonds is 4. The smallest absolute Gasteiger partial charge is 0.139 e. The molecule has 0 radical (unpaired) electrons. The van der Waals surface area contributed by atoms with Gasteiger partial charge in [0.25, 0.3) is 0 Å². The lowest BCUT2D eigenvalue weighted by molar-refractivity contribution is 0.213. The zero-order valence-corrected chi connectivity index (χ0v) is 12.7. The summed E-state index contributed by atoms with van der Waals surface area (Å²) < 4.78 is 7.75. The first-order valence-electron chi connectivity index (χ1n) is 5.42. The highest BCUT2D eigenvalue weighted by atomic mass is 79.9. The number of benzene rings is 1. The van der Waals surface area contributed by atoms with Gasteiger partial charge in [0.15, 0.2) is 0 Å². The van der Waals surface area contributed by atoms with E-state index in [4.69, 9.17) is 10.5 Å². The van der Waals surface area contributed by atoms with Crippen LogP contribution in [0.1, 0.15) is 11.7 Å². The molecular weight excluding hydrogens is 360 g/mol. The van der Waals surface area contributed by atoms with Crippen LogP contribution >= 0.6 is 31.9 Å². The summed E-state index contributed by atoms with van der Waals surface area (Å²) in [6.07, 6.45) is 3.21. The molecule has 0 fully saturated rings. The van der Waals surface area contributed by atoms with Gasteiger partial charge in [-0.1, -0.05) is 28.1 Å². The molecule has 18 heavy (non-hydrogen) atoms. The number of hydrogen-bond donors (Lipinski definition) is 1. The first-order chi connectivity index (χ1) is 8.69. The maximum atomic E-state index is 5.84. The second-order valence-corrected chi connectivity index (χ2v) is 5.56. The zero-order valence-electron chi connectivity index (χ0n) is 9.51. The average Bonchev–Trinajstić information content (AvgIpc) is 2.37. The first-order valence-corrected chi connectivity index (χ1v) is 7.00. The molecule has 1 aromatic carbocycles. The third-order valence-electron chi connectivity index (χ3n) is 2.41. The fourth-order valence-electron chi connectivity index (χ4n) is 1.55. The van der Waals surface area contributed by atoms with Crippen molar-refractivity contribution in [3.05, 3.63) is 57.2 Å². The second-order valence-electron chi connectivity index (χ2n) is 3.73. The summed E-state index contributed by atoms with van der Waals surface area (Å²) in [6.45, 7) is 0.411. The Bertz CT molecular complexity index is 517. The Hall–Kier alpha value is -0.910. The Kier molecular flexibility index (Phi) is 4.74. The molecule has 0 aliphatic rings. The summed E-state index contributed by atoms with van der Waals surface area (Å²) >= 11 is 6.76. The highest BCUT2D eigenvalue weighted by molar-refractivity contribution is 9.10. The third-order valence-corrected chi connectivity index (χ3v) is 3.38. The van der Waals surface area contributed by atoms with Crippen LogP contribution in [0.2, 0.25) is 0 Å². The maximum Gasteiger partial charge on any atom is 0.139 e. The molecule has 0 amide bonds. The zero-order chi connectivity index (χ0) is 13.0. The van der Waals surface area contributed by atoms with Crippen molar-refractivity contribution < 1.29 is 4.74 Å². The van der Waals surface area contributed by atoms with Gasteiger partial charge in [-0.05, 0) is 39.7 Å². The maximum absolute atomic E-state index is 5.84. The monoisotopic (exact) mass is 370 g/mol. The standard InChI is InChI=1S/C13H12Br2N2O/c14-10-3-1-9(2-4-10)13(6-16)18-12-5-11(15)7-17-8-12/h1-5,7-8,13H,6,16H2. The molecule has 0 saturated heterocycles. The number of nitrogens with two attached hydrogens (primary N) is 1. The second kappa shape index (κ2) is 6.31. The molecule has 2 aromatic rings. The molecule has 0 aliphatic heterocycles. The molecule has 1 atom stereocenters. The Balaban J connectivity index is 2.17. The minimum absolute atomic E-state index is 0.172. The highest BCUT2D eigenvalue weighted by Gasteiger charge is 2.11.